The first kappa shape index (κ1) is 34.6. The second kappa shape index (κ2) is 11.6. The van der Waals surface area contributed by atoms with E-state index >= 15 is 0 Å². The molecule has 64 heavy (non-hydrogen) atoms. The zero-order valence-electron chi connectivity index (χ0n) is 37.0. The largest absolute Gasteiger partial charge is 0.306 e. The van der Waals surface area contributed by atoms with Crippen molar-refractivity contribution in [2.75, 3.05) is 0 Å². The molecule has 4 atom stereocenters. The van der Waals surface area contributed by atoms with E-state index in [1.807, 2.05) is 0 Å². The third-order valence-corrected chi connectivity index (χ3v) is 19.6. The summed E-state index contributed by atoms with van der Waals surface area (Å²) >= 11 is 0. The lowest BCUT2D eigenvalue weighted by Gasteiger charge is -2.38. The molecule has 2 nitrogen and oxygen atoms in total. The highest BCUT2D eigenvalue weighted by Crippen LogP contribution is 2.68. The lowest BCUT2D eigenvalue weighted by molar-refractivity contribution is 0.165. The molecule has 3 aromatic heterocycles. The van der Waals surface area contributed by atoms with Crippen LogP contribution in [0.2, 0.25) is 0 Å². The number of hydrogen-bond acceptors (Lipinski definition) is 1. The minimum atomic E-state index is -0.394. The fraction of sp³-hybridized carbons (Fsp3) is 0.339. The molecule has 2 heteroatoms. The number of rotatable bonds is 1. The van der Waals surface area contributed by atoms with Gasteiger partial charge in [-0.1, -0.05) is 91.0 Å². The van der Waals surface area contributed by atoms with E-state index in [4.69, 9.17) is 4.98 Å². The molecule has 4 saturated carbocycles. The Labute approximate surface area is 375 Å². The maximum atomic E-state index is 5.73. The molecule has 4 unspecified atom stereocenters. The Kier molecular flexibility index (Phi) is 6.26. The van der Waals surface area contributed by atoms with Gasteiger partial charge in [0, 0.05) is 33.2 Å². The number of hydrogen-bond donors (Lipinski definition) is 0. The SMILES string of the molecule is Cc1cccc(C)c1-c1cc2c(c3c1C1CC4CC(C1)CC3C4)c1cc3c(c4c5c6c(ncc5n2c14)C1CC2CC(C1)CC6C2)-c1ccccc1C31c2ccccc2-c2ccccc21. The maximum Gasteiger partial charge on any atom is 0.0728 e. The summed E-state index contributed by atoms with van der Waals surface area (Å²) in [5, 5.41) is 6.17. The van der Waals surface area contributed by atoms with Crippen molar-refractivity contribution >= 4 is 38.1 Å². The fourth-order valence-corrected chi connectivity index (χ4v) is 18.1. The van der Waals surface area contributed by atoms with Gasteiger partial charge in [-0.2, -0.15) is 0 Å². The number of aryl methyl sites for hydroxylation is 2. The van der Waals surface area contributed by atoms with Gasteiger partial charge >= 0.3 is 0 Å². The highest BCUT2D eigenvalue weighted by Gasteiger charge is 2.54. The molecule has 10 aliphatic carbocycles. The Morgan fingerprint density at radius 1 is 0.453 bits per heavy atom. The molecule has 4 fully saturated rings. The van der Waals surface area contributed by atoms with E-state index in [1.54, 1.807) is 27.5 Å². The van der Waals surface area contributed by atoms with Crippen LogP contribution in [0, 0.1) is 37.5 Å². The molecule has 8 bridgehead atoms. The molecule has 0 aliphatic heterocycles. The summed E-state index contributed by atoms with van der Waals surface area (Å²) in [6.45, 7) is 4.75. The fourth-order valence-electron chi connectivity index (χ4n) is 18.1. The van der Waals surface area contributed by atoms with Crippen molar-refractivity contribution in [2.24, 2.45) is 23.7 Å². The normalized spacial score (nSPS) is 28.0. The van der Waals surface area contributed by atoms with Crippen molar-refractivity contribution in [3.63, 3.8) is 0 Å². The van der Waals surface area contributed by atoms with Crippen LogP contribution in [0.25, 0.3) is 71.5 Å². The number of benzene rings is 6. The quantitative estimate of drug-likeness (QED) is 0.161. The van der Waals surface area contributed by atoms with Gasteiger partial charge in [-0.15, -0.1) is 0 Å². The van der Waals surface area contributed by atoms with Crippen LogP contribution in [0.15, 0.2) is 109 Å². The van der Waals surface area contributed by atoms with Gasteiger partial charge in [0.05, 0.1) is 28.2 Å². The summed E-state index contributed by atoms with van der Waals surface area (Å²) in [4.78, 5) is 5.73. The van der Waals surface area contributed by atoms with Gasteiger partial charge in [-0.25, -0.2) is 0 Å². The lowest BCUT2D eigenvalue weighted by Crippen LogP contribution is -2.25. The van der Waals surface area contributed by atoms with Gasteiger partial charge in [0.25, 0.3) is 0 Å². The van der Waals surface area contributed by atoms with Crippen molar-refractivity contribution in [3.8, 4) is 33.4 Å². The average molecular weight is 825 g/mol. The number of pyridine rings is 1. The van der Waals surface area contributed by atoms with Crippen LogP contribution in [0.3, 0.4) is 0 Å². The molecule has 310 valence electrons. The summed E-state index contributed by atoms with van der Waals surface area (Å²) in [5.41, 5.74) is 27.9. The molecule has 19 rings (SSSR count). The molecule has 9 aromatic rings. The molecular formula is C62H52N2. The topological polar surface area (TPSA) is 17.3 Å². The highest BCUT2D eigenvalue weighted by molar-refractivity contribution is 6.30. The van der Waals surface area contributed by atoms with E-state index in [-0.39, 0.29) is 0 Å². The molecular weight excluding hydrogens is 773 g/mol. The number of nitrogens with zero attached hydrogens (tertiary/aromatic N) is 2. The van der Waals surface area contributed by atoms with Gasteiger partial charge in [-0.3, -0.25) is 4.98 Å². The second-order valence-electron chi connectivity index (χ2n) is 22.6. The van der Waals surface area contributed by atoms with Crippen LogP contribution < -0.4 is 0 Å². The molecule has 3 heterocycles. The Morgan fingerprint density at radius 3 is 1.64 bits per heavy atom. The Morgan fingerprint density at radius 2 is 1.00 bits per heavy atom. The molecule has 0 N–H and O–H groups in total. The van der Waals surface area contributed by atoms with Crippen LogP contribution in [0.1, 0.15) is 144 Å². The molecule has 0 radical (unpaired) electrons. The summed E-state index contributed by atoms with van der Waals surface area (Å²) in [6.07, 6.45) is 16.0. The maximum absolute atomic E-state index is 5.73. The predicted molar refractivity (Wildman–Crippen MR) is 261 cm³/mol. The lowest BCUT2D eigenvalue weighted by atomic mass is 9.67. The van der Waals surface area contributed by atoms with Crippen LogP contribution >= 0.6 is 0 Å². The van der Waals surface area contributed by atoms with Gasteiger partial charge in [0.15, 0.2) is 0 Å². The van der Waals surface area contributed by atoms with E-state index in [0.717, 1.165) is 23.7 Å². The molecule has 10 aliphatic rings. The zero-order valence-corrected chi connectivity index (χ0v) is 37.0. The number of aromatic nitrogens is 2. The Hall–Kier alpha value is -5.73. The first-order valence-electron chi connectivity index (χ1n) is 25.1. The smallest absolute Gasteiger partial charge is 0.0728 e. The Balaban J connectivity index is 1.13. The van der Waals surface area contributed by atoms with Crippen LogP contribution in [-0.4, -0.2) is 9.38 Å². The first-order valence-corrected chi connectivity index (χ1v) is 25.1. The third-order valence-electron chi connectivity index (χ3n) is 19.6. The van der Waals surface area contributed by atoms with E-state index in [1.165, 1.54) is 164 Å². The van der Waals surface area contributed by atoms with E-state index in [9.17, 15) is 0 Å². The standard InChI is InChI=1S/C62H52N2/c1-31-10-9-11-32(2)52(31)44-29-50-57(54-38-22-33-18-34(23-38)21-37(20-33)53(44)54)45-28-49-56(43-14-5-8-17-48(43)62(49)46-15-6-3-12-41(46)42-13-4-7-16-47(42)62)59-58-51(64(50)61(45)59)30-63-60-40-26-35-19-36(27-40)25-39(24-35)55(58)60/h3-17,28-30,33-40H,18-27H2,1-2H3. The monoisotopic (exact) mass is 824 g/mol. The molecule has 0 saturated heterocycles. The highest BCUT2D eigenvalue weighted by atomic mass is 14.9. The van der Waals surface area contributed by atoms with E-state index < -0.39 is 5.41 Å². The minimum absolute atomic E-state index is 0.394. The average Bonchev–Trinajstić information content (AvgIpc) is 3.93. The summed E-state index contributed by atoms with van der Waals surface area (Å²) in [6, 6.07) is 41.1. The van der Waals surface area contributed by atoms with Crippen LogP contribution in [-0.2, 0) is 5.41 Å². The van der Waals surface area contributed by atoms with Crippen LogP contribution in [0.4, 0.5) is 0 Å². The van der Waals surface area contributed by atoms with Gasteiger partial charge in [0.1, 0.15) is 0 Å². The third kappa shape index (κ3) is 3.89. The zero-order chi connectivity index (χ0) is 41.5. The van der Waals surface area contributed by atoms with Crippen molar-refractivity contribution in [1.82, 2.24) is 9.38 Å². The minimum Gasteiger partial charge on any atom is -0.306 e. The summed E-state index contributed by atoms with van der Waals surface area (Å²) in [7, 11) is 0. The summed E-state index contributed by atoms with van der Waals surface area (Å²) < 4.78 is 2.82. The second-order valence-corrected chi connectivity index (χ2v) is 22.6. The first-order chi connectivity index (χ1) is 31.5. The Bertz CT molecular complexity index is 3520. The van der Waals surface area contributed by atoms with Gasteiger partial charge in [0.2, 0.25) is 0 Å². The van der Waals surface area contributed by atoms with Crippen molar-refractivity contribution < 1.29 is 0 Å². The van der Waals surface area contributed by atoms with Gasteiger partial charge in [-0.05, 0) is 215 Å². The van der Waals surface area contributed by atoms with Crippen molar-refractivity contribution in [1.29, 1.82) is 0 Å². The molecule has 6 aromatic carbocycles. The van der Waals surface area contributed by atoms with Gasteiger partial charge < -0.3 is 4.40 Å². The van der Waals surface area contributed by atoms with Crippen molar-refractivity contribution in [2.45, 2.75) is 107 Å². The molecule has 0 amide bonds. The molecule has 1 spiro atoms. The summed E-state index contributed by atoms with van der Waals surface area (Å²) in [5.74, 6) is 5.76. The number of fused-ring (bicyclic) bond motifs is 17. The van der Waals surface area contributed by atoms with E-state index in [2.05, 4.69) is 128 Å². The van der Waals surface area contributed by atoms with Crippen LogP contribution in [0.5, 0.6) is 0 Å². The predicted octanol–water partition coefficient (Wildman–Crippen LogP) is 15.6. The van der Waals surface area contributed by atoms with Crippen molar-refractivity contribution in [3.05, 3.63) is 165 Å². The van der Waals surface area contributed by atoms with E-state index in [0.29, 0.717) is 23.7 Å².